The summed E-state index contributed by atoms with van der Waals surface area (Å²) in [6.07, 6.45) is 13.2. The third kappa shape index (κ3) is 5.58. The Labute approximate surface area is 96.8 Å². The van der Waals surface area contributed by atoms with Gasteiger partial charge in [0, 0.05) is 0 Å². The Hall–Kier alpha value is 0. The first-order valence-corrected chi connectivity index (χ1v) is 7.27. The second-order valence-electron chi connectivity index (χ2n) is 5.67. The van der Waals surface area contributed by atoms with E-state index in [1.165, 1.54) is 57.8 Å². The number of rotatable bonds is 9. The second-order valence-corrected chi connectivity index (χ2v) is 5.67. The molecule has 0 aromatic carbocycles. The SMILES string of the molecule is CCCCCC(CC)CCCC1CC1C. The molecule has 0 heterocycles. The summed E-state index contributed by atoms with van der Waals surface area (Å²) >= 11 is 0. The molecular weight excluding hydrogens is 180 g/mol. The molecule has 0 aliphatic heterocycles. The van der Waals surface area contributed by atoms with Gasteiger partial charge < -0.3 is 0 Å². The maximum atomic E-state index is 2.41. The highest BCUT2D eigenvalue weighted by atomic mass is 14.4. The van der Waals surface area contributed by atoms with Crippen molar-refractivity contribution in [2.45, 2.75) is 78.6 Å². The van der Waals surface area contributed by atoms with E-state index < -0.39 is 0 Å². The average Bonchev–Trinajstić information content (AvgIpc) is 2.93. The van der Waals surface area contributed by atoms with Gasteiger partial charge in [-0.15, -0.1) is 0 Å². The first-order chi connectivity index (χ1) is 7.27. The lowest BCUT2D eigenvalue weighted by Crippen LogP contribution is -1.99. The van der Waals surface area contributed by atoms with E-state index in [-0.39, 0.29) is 0 Å². The summed E-state index contributed by atoms with van der Waals surface area (Å²) in [5.74, 6) is 3.20. The molecule has 0 N–H and O–H groups in total. The summed E-state index contributed by atoms with van der Waals surface area (Å²) in [7, 11) is 0. The van der Waals surface area contributed by atoms with E-state index in [0.29, 0.717) is 0 Å². The lowest BCUT2D eigenvalue weighted by molar-refractivity contribution is 0.393. The fourth-order valence-corrected chi connectivity index (χ4v) is 2.71. The van der Waals surface area contributed by atoms with Crippen LogP contribution in [0.2, 0.25) is 0 Å². The van der Waals surface area contributed by atoms with Crippen molar-refractivity contribution in [2.24, 2.45) is 17.8 Å². The van der Waals surface area contributed by atoms with Gasteiger partial charge in [-0.2, -0.15) is 0 Å². The maximum absolute atomic E-state index is 2.41. The Bertz CT molecular complexity index is 150. The van der Waals surface area contributed by atoms with Crippen LogP contribution in [0.15, 0.2) is 0 Å². The van der Waals surface area contributed by atoms with Gasteiger partial charge in [0.25, 0.3) is 0 Å². The van der Waals surface area contributed by atoms with E-state index in [0.717, 1.165) is 17.8 Å². The number of hydrogen-bond donors (Lipinski definition) is 0. The van der Waals surface area contributed by atoms with Gasteiger partial charge in [-0.25, -0.2) is 0 Å². The molecule has 0 aromatic heterocycles. The minimum atomic E-state index is 1.03. The lowest BCUT2D eigenvalue weighted by Gasteiger charge is -2.14. The zero-order valence-corrected chi connectivity index (χ0v) is 11.1. The van der Waals surface area contributed by atoms with Crippen LogP contribution < -0.4 is 0 Å². The minimum Gasteiger partial charge on any atom is -0.0654 e. The molecule has 0 nitrogen and oxygen atoms in total. The van der Waals surface area contributed by atoms with Gasteiger partial charge in [-0.1, -0.05) is 72.1 Å². The quantitative estimate of drug-likeness (QED) is 0.446. The van der Waals surface area contributed by atoms with E-state index in [4.69, 9.17) is 0 Å². The Balaban J connectivity index is 1.95. The normalized spacial score (nSPS) is 26.6. The van der Waals surface area contributed by atoms with Crippen molar-refractivity contribution in [3.63, 3.8) is 0 Å². The highest BCUT2D eigenvalue weighted by molar-refractivity contribution is 4.82. The largest absolute Gasteiger partial charge is 0.0654 e. The van der Waals surface area contributed by atoms with Crippen molar-refractivity contribution in [3.8, 4) is 0 Å². The summed E-state index contributed by atoms with van der Waals surface area (Å²) in [6.45, 7) is 7.08. The molecule has 0 bridgehead atoms. The monoisotopic (exact) mass is 210 g/mol. The van der Waals surface area contributed by atoms with E-state index in [1.54, 1.807) is 0 Å². The average molecular weight is 210 g/mol. The Morgan fingerprint density at radius 3 is 2.27 bits per heavy atom. The minimum absolute atomic E-state index is 1.03. The van der Waals surface area contributed by atoms with Crippen LogP contribution in [-0.2, 0) is 0 Å². The summed E-state index contributed by atoms with van der Waals surface area (Å²) in [5.41, 5.74) is 0. The van der Waals surface area contributed by atoms with Gasteiger partial charge in [-0.3, -0.25) is 0 Å². The molecule has 0 aromatic rings. The first kappa shape index (κ1) is 13.1. The molecule has 1 aliphatic rings. The van der Waals surface area contributed by atoms with Crippen LogP contribution in [-0.4, -0.2) is 0 Å². The zero-order chi connectivity index (χ0) is 11.1. The molecule has 0 radical (unpaired) electrons. The molecule has 0 spiro atoms. The smallest absolute Gasteiger partial charge is 0.0386 e. The maximum Gasteiger partial charge on any atom is -0.0386 e. The van der Waals surface area contributed by atoms with Crippen molar-refractivity contribution in [2.75, 3.05) is 0 Å². The Morgan fingerprint density at radius 1 is 1.07 bits per heavy atom. The molecule has 90 valence electrons. The van der Waals surface area contributed by atoms with Crippen molar-refractivity contribution in [1.29, 1.82) is 0 Å². The van der Waals surface area contributed by atoms with Gasteiger partial charge in [-0.05, 0) is 24.2 Å². The molecule has 3 unspecified atom stereocenters. The van der Waals surface area contributed by atoms with Gasteiger partial charge in [0.1, 0.15) is 0 Å². The lowest BCUT2D eigenvalue weighted by atomic mass is 9.92. The van der Waals surface area contributed by atoms with Crippen LogP contribution in [0.1, 0.15) is 78.6 Å². The molecular formula is C15H30. The van der Waals surface area contributed by atoms with E-state index in [2.05, 4.69) is 20.8 Å². The van der Waals surface area contributed by atoms with Crippen molar-refractivity contribution >= 4 is 0 Å². The van der Waals surface area contributed by atoms with Crippen molar-refractivity contribution in [1.82, 2.24) is 0 Å². The topological polar surface area (TPSA) is 0 Å². The highest BCUT2D eigenvalue weighted by Gasteiger charge is 2.31. The van der Waals surface area contributed by atoms with E-state index in [1.807, 2.05) is 0 Å². The van der Waals surface area contributed by atoms with Crippen LogP contribution >= 0.6 is 0 Å². The summed E-state index contributed by atoms with van der Waals surface area (Å²) in [5, 5.41) is 0. The molecule has 1 fully saturated rings. The predicted octanol–water partition coefficient (Wildman–Crippen LogP) is 5.42. The fourth-order valence-electron chi connectivity index (χ4n) is 2.71. The van der Waals surface area contributed by atoms with Gasteiger partial charge in [0.05, 0.1) is 0 Å². The molecule has 0 amide bonds. The van der Waals surface area contributed by atoms with Crippen LogP contribution in [0.5, 0.6) is 0 Å². The van der Waals surface area contributed by atoms with Crippen LogP contribution in [0.3, 0.4) is 0 Å². The molecule has 1 aliphatic carbocycles. The molecule has 3 atom stereocenters. The van der Waals surface area contributed by atoms with E-state index >= 15 is 0 Å². The van der Waals surface area contributed by atoms with Crippen molar-refractivity contribution < 1.29 is 0 Å². The van der Waals surface area contributed by atoms with Gasteiger partial charge in [0.15, 0.2) is 0 Å². The Kier molecular flexibility index (Phi) is 6.36. The van der Waals surface area contributed by atoms with Crippen LogP contribution in [0.4, 0.5) is 0 Å². The molecule has 1 saturated carbocycles. The third-order valence-corrected chi connectivity index (χ3v) is 4.26. The van der Waals surface area contributed by atoms with Gasteiger partial charge in [0.2, 0.25) is 0 Å². The van der Waals surface area contributed by atoms with Crippen LogP contribution in [0, 0.1) is 17.8 Å². The second kappa shape index (κ2) is 7.30. The summed E-state index contributed by atoms with van der Waals surface area (Å²) < 4.78 is 0. The highest BCUT2D eigenvalue weighted by Crippen LogP contribution is 2.42. The van der Waals surface area contributed by atoms with Gasteiger partial charge >= 0.3 is 0 Å². The number of hydrogen-bond acceptors (Lipinski definition) is 0. The molecule has 15 heavy (non-hydrogen) atoms. The number of unbranched alkanes of at least 4 members (excludes halogenated alkanes) is 2. The standard InChI is InChI=1S/C15H30/c1-4-6-7-9-14(5-2)10-8-11-15-12-13(15)3/h13-15H,4-12H2,1-3H3. The molecule has 0 saturated heterocycles. The third-order valence-electron chi connectivity index (χ3n) is 4.26. The predicted molar refractivity (Wildman–Crippen MR) is 69.0 cm³/mol. The summed E-state index contributed by atoms with van der Waals surface area (Å²) in [6, 6.07) is 0. The summed E-state index contributed by atoms with van der Waals surface area (Å²) in [4.78, 5) is 0. The zero-order valence-electron chi connectivity index (χ0n) is 11.1. The molecule has 1 rings (SSSR count). The molecule has 0 heteroatoms. The fraction of sp³-hybridized carbons (Fsp3) is 1.00. The Morgan fingerprint density at radius 2 is 1.73 bits per heavy atom. The van der Waals surface area contributed by atoms with Crippen molar-refractivity contribution in [3.05, 3.63) is 0 Å². The van der Waals surface area contributed by atoms with Crippen LogP contribution in [0.25, 0.3) is 0 Å². The first-order valence-electron chi connectivity index (χ1n) is 7.27. The van der Waals surface area contributed by atoms with E-state index in [9.17, 15) is 0 Å².